The summed E-state index contributed by atoms with van der Waals surface area (Å²) < 4.78 is 6.20. The Morgan fingerprint density at radius 1 is 0.957 bits per heavy atom. The van der Waals surface area contributed by atoms with Crippen molar-refractivity contribution in [2.24, 2.45) is 11.8 Å². The summed E-state index contributed by atoms with van der Waals surface area (Å²) in [5, 5.41) is 1.03. The van der Waals surface area contributed by atoms with Crippen LogP contribution in [0.25, 0.3) is 0 Å². The third kappa shape index (κ3) is 6.50. The molecule has 2 radical (unpaired) electrons. The summed E-state index contributed by atoms with van der Waals surface area (Å²) in [6.45, 7) is 11.7. The number of halogens is 1. The van der Waals surface area contributed by atoms with Gasteiger partial charge in [-0.3, -0.25) is 0 Å². The number of unbranched alkanes of at least 4 members (excludes halogenated alkanes) is 4. The molecule has 0 saturated heterocycles. The average Bonchev–Trinajstić information content (AvgIpc) is 2.51. The van der Waals surface area contributed by atoms with E-state index in [2.05, 4.69) is 34.6 Å². The fourth-order valence-corrected chi connectivity index (χ4v) is 4.53. The van der Waals surface area contributed by atoms with Gasteiger partial charge in [0.05, 0.1) is 0 Å². The van der Waals surface area contributed by atoms with Gasteiger partial charge in [-0.05, 0) is 42.5 Å². The highest BCUT2D eigenvalue weighted by Gasteiger charge is 2.39. The molecule has 3 heteroatoms. The van der Waals surface area contributed by atoms with Crippen LogP contribution in [-0.4, -0.2) is 9.76 Å². The second-order valence-electron chi connectivity index (χ2n) is 7.17. The highest BCUT2D eigenvalue weighted by molar-refractivity contribution is 6.34. The van der Waals surface area contributed by atoms with Crippen molar-refractivity contribution in [1.29, 1.82) is 0 Å². The van der Waals surface area contributed by atoms with Gasteiger partial charge in [-0.15, -0.1) is 0 Å². The van der Waals surface area contributed by atoms with E-state index in [0.717, 1.165) is 10.8 Å². The Morgan fingerprint density at radius 2 is 1.52 bits per heavy atom. The molecule has 130 valence electrons. The third-order valence-electron chi connectivity index (χ3n) is 4.93. The van der Waals surface area contributed by atoms with Crippen LogP contribution in [-0.2, 0) is 0 Å². The molecular weight excluding hydrogens is 320 g/mol. The van der Waals surface area contributed by atoms with Crippen molar-refractivity contribution in [2.75, 3.05) is 0 Å². The number of hydrogen-bond acceptors (Lipinski definition) is 1. The lowest BCUT2D eigenvalue weighted by molar-refractivity contribution is 0.261. The summed E-state index contributed by atoms with van der Waals surface area (Å²) in [4.78, 5) is 0. The number of rotatable bonds is 11. The van der Waals surface area contributed by atoms with Crippen LogP contribution >= 0.6 is 11.6 Å². The Kier molecular flexibility index (Phi) is 9.31. The quantitative estimate of drug-likeness (QED) is 0.303. The van der Waals surface area contributed by atoms with Crippen LogP contribution in [0.1, 0.15) is 73.1 Å². The van der Waals surface area contributed by atoms with Crippen LogP contribution in [0.5, 0.6) is 5.75 Å². The molecular formula is C20H33ClOSi. The molecule has 0 saturated carbocycles. The molecule has 0 atom stereocenters. The zero-order valence-electron chi connectivity index (χ0n) is 15.5. The zero-order chi connectivity index (χ0) is 17.3. The zero-order valence-corrected chi connectivity index (χ0v) is 17.2. The Labute approximate surface area is 151 Å². The van der Waals surface area contributed by atoms with E-state index in [0.29, 0.717) is 21.6 Å². The van der Waals surface area contributed by atoms with Crippen molar-refractivity contribution >= 4 is 21.4 Å². The summed E-state index contributed by atoms with van der Waals surface area (Å²) >= 11 is 5.96. The second kappa shape index (κ2) is 10.4. The average molecular weight is 353 g/mol. The van der Waals surface area contributed by atoms with Crippen LogP contribution in [0.3, 0.4) is 0 Å². The van der Waals surface area contributed by atoms with Crippen molar-refractivity contribution < 1.29 is 4.43 Å². The summed E-state index contributed by atoms with van der Waals surface area (Å²) in [7, 11) is 0.498. The summed E-state index contributed by atoms with van der Waals surface area (Å²) in [6.07, 6.45) is 7.96. The molecule has 1 rings (SSSR count). The third-order valence-corrected chi connectivity index (χ3v) is 7.30. The fourth-order valence-electron chi connectivity index (χ4n) is 3.21. The van der Waals surface area contributed by atoms with Crippen molar-refractivity contribution in [2.45, 2.75) is 78.2 Å². The first-order valence-corrected chi connectivity index (χ1v) is 10.4. The summed E-state index contributed by atoms with van der Waals surface area (Å²) in [6, 6.07) is 7.75. The molecule has 0 amide bonds. The van der Waals surface area contributed by atoms with Crippen LogP contribution in [0.15, 0.2) is 24.3 Å². The first kappa shape index (κ1) is 20.6. The van der Waals surface area contributed by atoms with Gasteiger partial charge in [0.15, 0.2) is 0 Å². The van der Waals surface area contributed by atoms with Crippen LogP contribution in [0.2, 0.25) is 10.1 Å². The molecule has 0 heterocycles. The van der Waals surface area contributed by atoms with Gasteiger partial charge in [0, 0.05) is 10.1 Å². The van der Waals surface area contributed by atoms with E-state index in [1.165, 1.54) is 38.5 Å². The molecule has 0 aliphatic heterocycles. The lowest BCUT2D eigenvalue weighted by Crippen LogP contribution is -2.35. The van der Waals surface area contributed by atoms with Crippen molar-refractivity contribution in [1.82, 2.24) is 0 Å². The SMILES string of the molecule is CCCCCCCC([Si]Oc1ccc(Cl)cc1)(C(C)C)C(C)C. The van der Waals surface area contributed by atoms with Crippen LogP contribution in [0, 0.1) is 11.8 Å². The van der Waals surface area contributed by atoms with E-state index in [4.69, 9.17) is 16.0 Å². The van der Waals surface area contributed by atoms with Crippen molar-refractivity contribution in [3.63, 3.8) is 0 Å². The lowest BCUT2D eigenvalue weighted by Gasteiger charge is -2.40. The number of benzene rings is 1. The molecule has 0 unspecified atom stereocenters. The largest absolute Gasteiger partial charge is 0.540 e. The molecule has 0 spiro atoms. The molecule has 0 aliphatic rings. The van der Waals surface area contributed by atoms with Crippen LogP contribution in [0.4, 0.5) is 0 Å². The van der Waals surface area contributed by atoms with E-state index in [1.807, 2.05) is 24.3 Å². The first-order chi connectivity index (χ1) is 10.9. The molecule has 0 bridgehead atoms. The highest BCUT2D eigenvalue weighted by Crippen LogP contribution is 2.47. The molecule has 1 aromatic carbocycles. The van der Waals surface area contributed by atoms with E-state index in [-0.39, 0.29) is 5.04 Å². The topological polar surface area (TPSA) is 9.23 Å². The standard InChI is InChI=1S/C20H33ClOSi/c1-6-7-8-9-10-15-20(16(2)3,17(4)5)23-22-19-13-11-18(21)12-14-19/h11-14,16-17H,6-10,15H2,1-5H3. The van der Waals surface area contributed by atoms with Crippen molar-refractivity contribution in [3.05, 3.63) is 29.3 Å². The maximum atomic E-state index is 6.20. The molecule has 23 heavy (non-hydrogen) atoms. The minimum absolute atomic E-state index is 0.270. The van der Waals surface area contributed by atoms with Gasteiger partial charge in [-0.2, -0.15) is 0 Å². The molecule has 0 fully saturated rings. The molecule has 1 nitrogen and oxygen atoms in total. The number of hydrogen-bond donors (Lipinski definition) is 0. The normalized spacial score (nSPS) is 12.2. The predicted molar refractivity (Wildman–Crippen MR) is 104 cm³/mol. The minimum atomic E-state index is 0.270. The Hall–Kier alpha value is -0.473. The Balaban J connectivity index is 2.68. The Bertz CT molecular complexity index is 420. The monoisotopic (exact) mass is 352 g/mol. The summed E-state index contributed by atoms with van der Waals surface area (Å²) in [5.41, 5.74) is 0. The maximum absolute atomic E-state index is 6.20. The summed E-state index contributed by atoms with van der Waals surface area (Å²) in [5.74, 6) is 2.18. The lowest BCUT2D eigenvalue weighted by atomic mass is 9.80. The van der Waals surface area contributed by atoms with Gasteiger partial charge < -0.3 is 4.43 Å². The Morgan fingerprint density at radius 3 is 2.04 bits per heavy atom. The van der Waals surface area contributed by atoms with Gasteiger partial charge in [0.1, 0.15) is 5.75 Å². The van der Waals surface area contributed by atoms with Gasteiger partial charge in [-0.1, -0.05) is 78.3 Å². The highest BCUT2D eigenvalue weighted by atomic mass is 35.5. The predicted octanol–water partition coefficient (Wildman–Crippen LogP) is 7.17. The van der Waals surface area contributed by atoms with Crippen molar-refractivity contribution in [3.8, 4) is 5.75 Å². The molecule has 0 aliphatic carbocycles. The first-order valence-electron chi connectivity index (χ1n) is 9.12. The van der Waals surface area contributed by atoms with Gasteiger partial charge >= 0.3 is 9.76 Å². The minimum Gasteiger partial charge on any atom is -0.540 e. The molecule has 1 aromatic rings. The smallest absolute Gasteiger partial charge is 0.318 e. The second-order valence-corrected chi connectivity index (χ2v) is 8.95. The fraction of sp³-hybridized carbons (Fsp3) is 0.700. The van der Waals surface area contributed by atoms with Gasteiger partial charge in [0.2, 0.25) is 0 Å². The van der Waals surface area contributed by atoms with E-state index in [9.17, 15) is 0 Å². The van der Waals surface area contributed by atoms with E-state index >= 15 is 0 Å². The molecule has 0 N–H and O–H groups in total. The van der Waals surface area contributed by atoms with Gasteiger partial charge in [0.25, 0.3) is 0 Å². The van der Waals surface area contributed by atoms with Gasteiger partial charge in [-0.25, -0.2) is 0 Å². The molecule has 0 aromatic heterocycles. The maximum Gasteiger partial charge on any atom is 0.318 e. The van der Waals surface area contributed by atoms with Crippen LogP contribution < -0.4 is 4.43 Å². The van der Waals surface area contributed by atoms with E-state index in [1.54, 1.807) is 0 Å². The van der Waals surface area contributed by atoms with E-state index < -0.39 is 0 Å².